The highest BCUT2D eigenvalue weighted by atomic mass is 19.4. The van der Waals surface area contributed by atoms with E-state index in [1.165, 1.54) is 18.2 Å². The van der Waals surface area contributed by atoms with Crippen molar-refractivity contribution < 1.29 is 17.9 Å². The molecule has 2 N–H and O–H groups in total. The molecular formula is C14H12F3N3O. The highest BCUT2D eigenvalue weighted by Crippen LogP contribution is 2.39. The van der Waals surface area contributed by atoms with Crippen LogP contribution in [0.2, 0.25) is 0 Å². The average Bonchev–Trinajstić information content (AvgIpc) is 3.20. The number of hydrogen-bond acceptors (Lipinski definition) is 4. The number of alkyl halides is 3. The number of nitrogen functional groups attached to an aromatic ring is 1. The first kappa shape index (κ1) is 13.7. The number of rotatable bonds is 3. The second-order valence-corrected chi connectivity index (χ2v) is 4.89. The van der Waals surface area contributed by atoms with E-state index in [-0.39, 0.29) is 5.75 Å². The zero-order valence-corrected chi connectivity index (χ0v) is 10.9. The van der Waals surface area contributed by atoms with Crippen LogP contribution < -0.4 is 10.5 Å². The molecule has 1 aliphatic rings. The Hall–Kier alpha value is -2.31. The van der Waals surface area contributed by atoms with E-state index in [9.17, 15) is 13.2 Å². The Labute approximate surface area is 118 Å². The van der Waals surface area contributed by atoms with E-state index in [1.54, 1.807) is 12.1 Å². The minimum Gasteiger partial charge on any atom is -0.406 e. The summed E-state index contributed by atoms with van der Waals surface area (Å²) in [5.74, 6) is 0.975. The summed E-state index contributed by atoms with van der Waals surface area (Å²) in [4.78, 5) is 8.53. The van der Waals surface area contributed by atoms with Crippen molar-refractivity contribution >= 4 is 5.82 Å². The molecule has 0 atom stereocenters. The molecule has 1 aliphatic carbocycles. The monoisotopic (exact) mass is 295 g/mol. The van der Waals surface area contributed by atoms with E-state index in [4.69, 9.17) is 5.73 Å². The maximum absolute atomic E-state index is 12.2. The molecule has 0 unspecified atom stereocenters. The molecule has 0 aliphatic heterocycles. The Bertz CT molecular complexity index is 669. The molecule has 3 rings (SSSR count). The predicted octanol–water partition coefficient (Wildman–Crippen LogP) is 3.50. The molecule has 0 spiro atoms. The molecule has 7 heteroatoms. The third-order valence-corrected chi connectivity index (χ3v) is 3.07. The van der Waals surface area contributed by atoms with Crippen LogP contribution in [-0.4, -0.2) is 16.3 Å². The van der Waals surface area contributed by atoms with Crippen LogP contribution in [0.25, 0.3) is 11.3 Å². The number of halogens is 3. The van der Waals surface area contributed by atoms with Gasteiger partial charge in [0.25, 0.3) is 0 Å². The number of benzene rings is 1. The third-order valence-electron chi connectivity index (χ3n) is 3.07. The molecule has 1 aromatic heterocycles. The lowest BCUT2D eigenvalue weighted by Crippen LogP contribution is -2.17. The number of hydrogen-bond donors (Lipinski definition) is 1. The predicted molar refractivity (Wildman–Crippen MR) is 70.5 cm³/mol. The van der Waals surface area contributed by atoms with Crippen LogP contribution in [0.15, 0.2) is 30.3 Å². The van der Waals surface area contributed by atoms with Gasteiger partial charge in [-0.1, -0.05) is 12.1 Å². The minimum absolute atomic E-state index is 0.287. The van der Waals surface area contributed by atoms with Crippen molar-refractivity contribution in [3.8, 4) is 17.0 Å². The summed E-state index contributed by atoms with van der Waals surface area (Å²) in [7, 11) is 0. The van der Waals surface area contributed by atoms with Gasteiger partial charge in [-0.05, 0) is 25.0 Å². The molecule has 21 heavy (non-hydrogen) atoms. The van der Waals surface area contributed by atoms with Crippen molar-refractivity contribution in [2.45, 2.75) is 25.1 Å². The highest BCUT2D eigenvalue weighted by Gasteiger charge is 2.31. The lowest BCUT2D eigenvalue weighted by atomic mass is 10.1. The second-order valence-electron chi connectivity index (χ2n) is 4.89. The van der Waals surface area contributed by atoms with Gasteiger partial charge in [0.2, 0.25) is 0 Å². The van der Waals surface area contributed by atoms with Crippen LogP contribution in [0.4, 0.5) is 19.0 Å². The van der Waals surface area contributed by atoms with Gasteiger partial charge in [0.15, 0.2) is 0 Å². The quantitative estimate of drug-likeness (QED) is 0.941. The fraction of sp³-hybridized carbons (Fsp3) is 0.286. The van der Waals surface area contributed by atoms with Crippen molar-refractivity contribution in [3.63, 3.8) is 0 Å². The SMILES string of the molecule is Nc1cc(-c2cccc(OC(F)(F)F)c2)nc(C2CC2)n1. The van der Waals surface area contributed by atoms with Crippen molar-refractivity contribution in [2.75, 3.05) is 5.73 Å². The number of aromatic nitrogens is 2. The Balaban J connectivity index is 1.94. The van der Waals surface area contributed by atoms with Gasteiger partial charge < -0.3 is 10.5 Å². The highest BCUT2D eigenvalue weighted by molar-refractivity contribution is 5.63. The number of nitrogens with zero attached hydrogens (tertiary/aromatic N) is 2. The van der Waals surface area contributed by atoms with Gasteiger partial charge in [-0.25, -0.2) is 9.97 Å². The van der Waals surface area contributed by atoms with E-state index in [0.717, 1.165) is 12.8 Å². The molecule has 0 radical (unpaired) electrons. The van der Waals surface area contributed by atoms with Crippen LogP contribution in [-0.2, 0) is 0 Å². The van der Waals surface area contributed by atoms with E-state index >= 15 is 0 Å². The summed E-state index contributed by atoms with van der Waals surface area (Å²) in [6, 6.07) is 7.20. The van der Waals surface area contributed by atoms with Gasteiger partial charge in [-0.2, -0.15) is 0 Å². The fourth-order valence-corrected chi connectivity index (χ4v) is 2.01. The van der Waals surface area contributed by atoms with Gasteiger partial charge >= 0.3 is 6.36 Å². The summed E-state index contributed by atoms with van der Waals surface area (Å²) in [5, 5.41) is 0. The molecule has 1 heterocycles. The molecular weight excluding hydrogens is 283 g/mol. The van der Waals surface area contributed by atoms with Crippen molar-refractivity contribution in [2.24, 2.45) is 0 Å². The summed E-state index contributed by atoms with van der Waals surface area (Å²) < 4.78 is 40.7. The molecule has 1 aromatic carbocycles. The van der Waals surface area contributed by atoms with Crippen molar-refractivity contribution in [1.82, 2.24) is 9.97 Å². The molecule has 0 saturated heterocycles. The first-order chi connectivity index (χ1) is 9.90. The van der Waals surface area contributed by atoms with E-state index in [2.05, 4.69) is 14.7 Å². The first-order valence-corrected chi connectivity index (χ1v) is 6.41. The summed E-state index contributed by atoms with van der Waals surface area (Å²) in [5.41, 5.74) is 6.74. The number of nitrogens with two attached hydrogens (primary N) is 1. The van der Waals surface area contributed by atoms with Gasteiger partial charge in [0.1, 0.15) is 17.4 Å². The van der Waals surface area contributed by atoms with Gasteiger partial charge in [0.05, 0.1) is 5.69 Å². The first-order valence-electron chi connectivity index (χ1n) is 6.41. The van der Waals surface area contributed by atoms with Crippen LogP contribution in [0.5, 0.6) is 5.75 Å². The third kappa shape index (κ3) is 3.42. The Morgan fingerprint density at radius 3 is 2.57 bits per heavy atom. The summed E-state index contributed by atoms with van der Waals surface area (Å²) in [6.07, 6.45) is -2.69. The maximum Gasteiger partial charge on any atom is 0.573 e. The largest absolute Gasteiger partial charge is 0.573 e. The zero-order valence-electron chi connectivity index (χ0n) is 10.9. The molecule has 110 valence electrons. The van der Waals surface area contributed by atoms with Crippen LogP contribution in [0.3, 0.4) is 0 Å². The minimum atomic E-state index is -4.72. The normalized spacial score (nSPS) is 15.0. The van der Waals surface area contributed by atoms with Crippen LogP contribution in [0, 0.1) is 0 Å². The number of ether oxygens (including phenoxy) is 1. The second kappa shape index (κ2) is 4.91. The van der Waals surface area contributed by atoms with E-state index in [0.29, 0.717) is 28.8 Å². The fourth-order valence-electron chi connectivity index (χ4n) is 2.01. The average molecular weight is 295 g/mol. The molecule has 2 aromatic rings. The smallest absolute Gasteiger partial charge is 0.406 e. The van der Waals surface area contributed by atoms with Gasteiger partial charge in [0, 0.05) is 17.5 Å². The number of anilines is 1. The zero-order chi connectivity index (χ0) is 15.0. The lowest BCUT2D eigenvalue weighted by molar-refractivity contribution is -0.274. The van der Waals surface area contributed by atoms with E-state index < -0.39 is 6.36 Å². The molecule has 4 nitrogen and oxygen atoms in total. The van der Waals surface area contributed by atoms with Crippen LogP contribution >= 0.6 is 0 Å². The topological polar surface area (TPSA) is 61.0 Å². The maximum atomic E-state index is 12.2. The van der Waals surface area contributed by atoms with Crippen LogP contribution in [0.1, 0.15) is 24.6 Å². The summed E-state index contributed by atoms with van der Waals surface area (Å²) in [6.45, 7) is 0. The molecule has 1 saturated carbocycles. The van der Waals surface area contributed by atoms with Gasteiger partial charge in [-0.3, -0.25) is 0 Å². The van der Waals surface area contributed by atoms with E-state index in [1.807, 2.05) is 0 Å². The van der Waals surface area contributed by atoms with Crippen molar-refractivity contribution in [1.29, 1.82) is 0 Å². The molecule has 0 amide bonds. The van der Waals surface area contributed by atoms with Crippen molar-refractivity contribution in [3.05, 3.63) is 36.2 Å². The lowest BCUT2D eigenvalue weighted by Gasteiger charge is -2.10. The Morgan fingerprint density at radius 2 is 1.90 bits per heavy atom. The van der Waals surface area contributed by atoms with Gasteiger partial charge in [-0.15, -0.1) is 13.2 Å². The molecule has 0 bridgehead atoms. The molecule has 1 fully saturated rings. The Kier molecular flexibility index (Phi) is 3.19. The Morgan fingerprint density at radius 1 is 1.14 bits per heavy atom. The standard InChI is InChI=1S/C14H12F3N3O/c15-14(16,17)21-10-3-1-2-9(6-10)11-7-12(18)20-13(19-11)8-4-5-8/h1-3,6-8H,4-5H2,(H2,18,19,20). The summed E-state index contributed by atoms with van der Waals surface area (Å²) >= 11 is 0.